The van der Waals surface area contributed by atoms with Crippen LogP contribution < -0.4 is 16.0 Å². The van der Waals surface area contributed by atoms with Crippen molar-refractivity contribution in [1.29, 1.82) is 0 Å². The number of hydrogen-bond donors (Lipinski definition) is 20. The topological polar surface area (TPSA) is 584 Å². The lowest BCUT2D eigenvalue weighted by molar-refractivity contribution is -0.377. The van der Waals surface area contributed by atoms with Gasteiger partial charge >= 0.3 is 17.9 Å². The second kappa shape index (κ2) is 26.8. The van der Waals surface area contributed by atoms with E-state index in [9.17, 15) is 116 Å². The summed E-state index contributed by atoms with van der Waals surface area (Å²) in [4.78, 5) is 75.0. The molecule has 30 atom stereocenters. The summed E-state index contributed by atoms with van der Waals surface area (Å²) >= 11 is 0. The number of aliphatic hydroxyl groups excluding tert-OH is 14. The molecule has 6 heterocycles. The molecule has 0 aromatic carbocycles. The van der Waals surface area contributed by atoms with E-state index in [1.165, 1.54) is 0 Å². The van der Waals surface area contributed by atoms with Gasteiger partial charge in [-0.1, -0.05) is 0 Å². The molecule has 0 spiro atoms. The van der Waals surface area contributed by atoms with Crippen molar-refractivity contribution in [1.82, 2.24) is 16.0 Å². The average Bonchev–Trinajstić information content (AvgIpc) is 3.56. The van der Waals surface area contributed by atoms with Gasteiger partial charge in [-0.15, -0.1) is 0 Å². The molecular formula is C42H65N3O34. The van der Waals surface area contributed by atoms with Gasteiger partial charge in [0.15, 0.2) is 56.1 Å². The molecule has 6 saturated heterocycles. The van der Waals surface area contributed by atoms with E-state index in [4.69, 9.17) is 52.1 Å². The zero-order valence-electron chi connectivity index (χ0n) is 41.5. The molecule has 0 bridgehead atoms. The van der Waals surface area contributed by atoms with E-state index >= 15 is 0 Å². The second-order valence-corrected chi connectivity index (χ2v) is 19.1. The van der Waals surface area contributed by atoms with Crippen molar-refractivity contribution < 1.29 is 168 Å². The maximum atomic E-state index is 12.9. The molecular weight excluding hydrogens is 1090 g/mol. The predicted octanol–water partition coefficient (Wildman–Crippen LogP) is -13.4. The average molecular weight is 1160 g/mol. The summed E-state index contributed by atoms with van der Waals surface area (Å²) in [7, 11) is 0. The minimum absolute atomic E-state index is 0.824. The zero-order chi connectivity index (χ0) is 58.8. The van der Waals surface area contributed by atoms with Crippen LogP contribution in [0.4, 0.5) is 0 Å². The van der Waals surface area contributed by atoms with Crippen LogP contribution in [-0.2, 0) is 80.9 Å². The second-order valence-electron chi connectivity index (χ2n) is 19.1. The third-order valence-electron chi connectivity index (χ3n) is 13.5. The van der Waals surface area contributed by atoms with E-state index in [0.29, 0.717) is 0 Å². The van der Waals surface area contributed by atoms with Crippen LogP contribution >= 0.6 is 0 Å². The fourth-order valence-electron chi connectivity index (χ4n) is 9.63. The van der Waals surface area contributed by atoms with Crippen LogP contribution in [-0.4, -0.2) is 326 Å². The Bertz CT molecular complexity index is 2120. The van der Waals surface area contributed by atoms with Crippen molar-refractivity contribution in [3.8, 4) is 0 Å². The molecule has 37 heteroatoms. The number of carboxylic acid groups (broad SMARTS) is 3. The van der Waals surface area contributed by atoms with Crippen molar-refractivity contribution in [2.75, 3.05) is 19.8 Å². The van der Waals surface area contributed by atoms with Crippen LogP contribution in [0, 0.1) is 0 Å². The number of aliphatic hydroxyl groups is 14. The van der Waals surface area contributed by atoms with Crippen LogP contribution in [0.15, 0.2) is 0 Å². The third kappa shape index (κ3) is 13.8. The van der Waals surface area contributed by atoms with Gasteiger partial charge in [0.1, 0.15) is 128 Å². The molecule has 20 N–H and O–H groups in total. The normalized spacial score (nSPS) is 46.6. The van der Waals surface area contributed by atoms with Gasteiger partial charge in [-0.05, 0) is 0 Å². The fourth-order valence-corrected chi connectivity index (χ4v) is 9.63. The Morgan fingerprint density at radius 1 is 0.342 bits per heavy atom. The number of amides is 3. The molecule has 0 aromatic rings. The van der Waals surface area contributed by atoms with Crippen molar-refractivity contribution in [2.45, 2.75) is 205 Å². The summed E-state index contributed by atoms with van der Waals surface area (Å²) in [5.41, 5.74) is 0. The van der Waals surface area contributed by atoms with Crippen LogP contribution in [0.3, 0.4) is 0 Å². The highest BCUT2D eigenvalue weighted by atomic mass is 16.8. The highest BCUT2D eigenvalue weighted by Gasteiger charge is 2.60. The van der Waals surface area contributed by atoms with E-state index in [1.807, 2.05) is 0 Å². The number of hydrogen-bond acceptors (Lipinski definition) is 31. The molecule has 37 nitrogen and oxygen atoms in total. The Hall–Kier alpha value is -4.18. The Balaban J connectivity index is 1.25. The molecule has 6 aliphatic rings. The quantitative estimate of drug-likeness (QED) is 0.0571. The maximum Gasteiger partial charge on any atom is 0.335 e. The lowest BCUT2D eigenvalue weighted by Gasteiger charge is -2.50. The third-order valence-corrected chi connectivity index (χ3v) is 13.5. The van der Waals surface area contributed by atoms with Crippen LogP contribution in [0.25, 0.3) is 0 Å². The first-order chi connectivity index (χ1) is 37.1. The molecule has 0 aliphatic carbocycles. The van der Waals surface area contributed by atoms with E-state index in [-0.39, 0.29) is 0 Å². The Labute approximate surface area is 443 Å². The van der Waals surface area contributed by atoms with Gasteiger partial charge < -0.3 is 155 Å². The summed E-state index contributed by atoms with van der Waals surface area (Å²) < 4.78 is 61.2. The first-order valence-corrected chi connectivity index (χ1v) is 24.1. The van der Waals surface area contributed by atoms with Gasteiger partial charge in [-0.2, -0.15) is 0 Å². The maximum absolute atomic E-state index is 12.9. The van der Waals surface area contributed by atoms with E-state index in [2.05, 4.69) is 16.0 Å². The summed E-state index contributed by atoms with van der Waals surface area (Å²) in [6.07, 6.45) is -59.2. The Kier molecular flexibility index (Phi) is 21.7. The molecule has 79 heavy (non-hydrogen) atoms. The molecule has 6 fully saturated rings. The summed E-state index contributed by atoms with van der Waals surface area (Å²) in [6.45, 7) is -0.435. The van der Waals surface area contributed by atoms with Crippen LogP contribution in [0.5, 0.6) is 0 Å². The number of aliphatic carboxylic acids is 3. The number of nitrogens with one attached hydrogen (secondary N) is 3. The molecule has 0 radical (unpaired) electrons. The number of ether oxygens (including phenoxy) is 11. The monoisotopic (exact) mass is 1160 g/mol. The predicted molar refractivity (Wildman–Crippen MR) is 236 cm³/mol. The minimum atomic E-state index is -2.53. The fraction of sp³-hybridized carbons (Fsp3) is 0.857. The highest BCUT2D eigenvalue weighted by Crippen LogP contribution is 2.37. The van der Waals surface area contributed by atoms with Gasteiger partial charge in [0.05, 0.1) is 19.8 Å². The van der Waals surface area contributed by atoms with Crippen LogP contribution in [0.2, 0.25) is 0 Å². The van der Waals surface area contributed by atoms with Crippen molar-refractivity contribution >= 4 is 35.6 Å². The van der Waals surface area contributed by atoms with Gasteiger partial charge in [0.2, 0.25) is 17.7 Å². The molecule has 0 aromatic heterocycles. The van der Waals surface area contributed by atoms with Gasteiger partial charge in [-0.25, -0.2) is 14.4 Å². The zero-order valence-corrected chi connectivity index (χ0v) is 41.5. The molecule has 6 aliphatic heterocycles. The van der Waals surface area contributed by atoms with Crippen molar-refractivity contribution in [3.05, 3.63) is 0 Å². The first kappa shape index (κ1) is 64.0. The number of carbonyl (C=O) groups excluding carboxylic acids is 3. The first-order valence-electron chi connectivity index (χ1n) is 24.1. The lowest BCUT2D eigenvalue weighted by Crippen LogP contribution is -2.71. The molecule has 3 amide bonds. The molecule has 6 rings (SSSR count). The molecule has 0 saturated carbocycles. The standard InChI is InChI=1S/C42H65N3O34/c1-7(49)43-13-19(55)16(52)10(4-46)69-38(13)75-29-21(57)24(60)41(78-32(29)35(64)65)74-27-15(45-9(3)51)40(71-12(6-48)18(27)54)77-30-22(58)25(61)42(79-33(30)36(66)67)73-26-14(44-8(2)50)39(70-11(5-47)17(26)53)76-28-20(56)23(59)37(68)72-31(28)34(62)63/h10-33,37-42,46-48,52-61,68H,4-6H2,1-3H3,(H,43,49)(H,44,50)(H,45,51)(H,62,63)(H,64,65)(H,66,67)/t10-,11-,12-,13-,14-,15-,16-,17-,18-,19?,20-,21-,22-,23-,24-,25-,26?,27?,28+,29+,30+,31+,32+,33+,37-,38+,39+,40+,41-,42-/m1/s1. The van der Waals surface area contributed by atoms with Gasteiger partial charge in [0, 0.05) is 20.8 Å². The van der Waals surface area contributed by atoms with Crippen LogP contribution in [0.1, 0.15) is 20.8 Å². The lowest BCUT2D eigenvalue weighted by atomic mass is 9.93. The Morgan fingerprint density at radius 3 is 0.962 bits per heavy atom. The van der Waals surface area contributed by atoms with E-state index in [0.717, 1.165) is 20.8 Å². The summed E-state index contributed by atoms with van der Waals surface area (Å²) in [5, 5.41) is 188. The van der Waals surface area contributed by atoms with Crippen molar-refractivity contribution in [2.24, 2.45) is 0 Å². The largest absolute Gasteiger partial charge is 0.479 e. The highest BCUT2D eigenvalue weighted by molar-refractivity contribution is 5.75. The molecule has 3 unspecified atom stereocenters. The number of carbonyl (C=O) groups is 6. The Morgan fingerprint density at radius 2 is 0.633 bits per heavy atom. The van der Waals surface area contributed by atoms with E-state index < -0.39 is 239 Å². The van der Waals surface area contributed by atoms with Gasteiger partial charge in [0.25, 0.3) is 0 Å². The number of rotatable bonds is 19. The van der Waals surface area contributed by atoms with Crippen molar-refractivity contribution in [3.63, 3.8) is 0 Å². The smallest absolute Gasteiger partial charge is 0.335 e. The SMILES string of the molecule is CC(=O)N[C@@H]1C(O)[C@H](O)[C@@H](CO)O[C@H]1O[C@H]1[C@H](O)[C@@H](O)[C@H](OC2[C@@H](NC(C)=O)[C@H](O[C@H]3[C@H](O)[C@@H](O)[C@H](OC4[C@@H](NC(C)=O)[C@H](O[C@H]5[C@H](O)[C@@H](O)[C@H](O)O[C@@H]5C(=O)O)O[C@H](CO)[C@H]4O)O[C@@H]3C(=O)O)O[C@H](CO)[C@H]2O)O[C@@H]1C(=O)O. The van der Waals surface area contributed by atoms with Gasteiger partial charge in [-0.3, -0.25) is 14.4 Å². The van der Waals surface area contributed by atoms with E-state index in [1.54, 1.807) is 0 Å². The summed E-state index contributed by atoms with van der Waals surface area (Å²) in [5.74, 6) is -8.60. The minimum Gasteiger partial charge on any atom is -0.479 e. The summed E-state index contributed by atoms with van der Waals surface area (Å²) in [6, 6.07) is -5.63. The molecule has 452 valence electrons. The number of carboxylic acids is 3.